The summed E-state index contributed by atoms with van der Waals surface area (Å²) in [6, 6.07) is 5.63. The van der Waals surface area contributed by atoms with Crippen molar-refractivity contribution in [2.75, 3.05) is 26.2 Å². The highest BCUT2D eigenvalue weighted by atomic mass is 35.5. The topological polar surface area (TPSA) is 50.6 Å². The van der Waals surface area contributed by atoms with Crippen LogP contribution >= 0.6 is 23.2 Å². The van der Waals surface area contributed by atoms with Crippen molar-refractivity contribution >= 4 is 29.1 Å². The van der Waals surface area contributed by atoms with Gasteiger partial charge in [-0.05, 0) is 58.7 Å². The number of ether oxygens (including phenoxy) is 1. The van der Waals surface area contributed by atoms with E-state index in [0.717, 1.165) is 61.7 Å². The number of hydrogen-bond donors (Lipinski definition) is 0. The van der Waals surface area contributed by atoms with Gasteiger partial charge < -0.3 is 9.64 Å². The SMILES string of the molecule is Cc1nn(-c2ccc(Cl)cc2Cl)c(C)c1CC(=O)N1CCCC1CN1CC(C)OC(C)C1. The summed E-state index contributed by atoms with van der Waals surface area (Å²) < 4.78 is 7.68. The largest absolute Gasteiger partial charge is 0.373 e. The molecule has 0 N–H and O–H groups in total. The van der Waals surface area contributed by atoms with Crippen molar-refractivity contribution in [3.8, 4) is 5.69 Å². The molecule has 8 heteroatoms. The molecule has 2 aliphatic heterocycles. The number of benzene rings is 1. The van der Waals surface area contributed by atoms with Crippen molar-refractivity contribution in [2.45, 2.75) is 65.2 Å². The third kappa shape index (κ3) is 4.98. The first-order chi connectivity index (χ1) is 15.2. The molecule has 4 rings (SSSR count). The van der Waals surface area contributed by atoms with Crippen LogP contribution in [0.2, 0.25) is 10.0 Å². The molecule has 3 atom stereocenters. The number of rotatable bonds is 5. The summed E-state index contributed by atoms with van der Waals surface area (Å²) in [5, 5.41) is 5.80. The second kappa shape index (κ2) is 9.72. The Morgan fingerprint density at radius 1 is 1.19 bits per heavy atom. The van der Waals surface area contributed by atoms with Crippen LogP contribution in [0.4, 0.5) is 0 Å². The van der Waals surface area contributed by atoms with Gasteiger partial charge >= 0.3 is 0 Å². The van der Waals surface area contributed by atoms with Gasteiger partial charge in [-0.15, -0.1) is 0 Å². The molecule has 32 heavy (non-hydrogen) atoms. The lowest BCUT2D eigenvalue weighted by Gasteiger charge is -2.38. The summed E-state index contributed by atoms with van der Waals surface area (Å²) in [6.45, 7) is 11.8. The first-order valence-corrected chi connectivity index (χ1v) is 12.2. The number of amides is 1. The number of aryl methyl sites for hydroxylation is 1. The van der Waals surface area contributed by atoms with Gasteiger partial charge in [0.1, 0.15) is 0 Å². The molecule has 0 bridgehead atoms. The standard InChI is InChI=1S/C24H32Cl2N4O2/c1-15-12-28(13-16(2)32-15)14-20-6-5-9-29(20)24(31)11-21-17(3)27-30(18(21)4)23-8-7-19(25)10-22(23)26/h7-8,10,15-16,20H,5-6,9,11-14H2,1-4H3. The van der Waals surface area contributed by atoms with Gasteiger partial charge in [-0.25, -0.2) is 4.68 Å². The molecule has 1 amide bonds. The predicted molar refractivity (Wildman–Crippen MR) is 128 cm³/mol. The Balaban J connectivity index is 1.48. The van der Waals surface area contributed by atoms with Crippen LogP contribution in [-0.2, 0) is 16.0 Å². The van der Waals surface area contributed by atoms with E-state index in [0.29, 0.717) is 16.5 Å². The number of carbonyl (C=O) groups excluding carboxylic acids is 1. The number of halogens is 2. The minimum absolute atomic E-state index is 0.176. The highest BCUT2D eigenvalue weighted by Crippen LogP contribution is 2.28. The Bertz CT molecular complexity index is 983. The maximum absolute atomic E-state index is 13.4. The third-order valence-electron chi connectivity index (χ3n) is 6.57. The molecule has 2 fully saturated rings. The third-order valence-corrected chi connectivity index (χ3v) is 7.11. The van der Waals surface area contributed by atoms with Crippen molar-refractivity contribution in [2.24, 2.45) is 0 Å². The van der Waals surface area contributed by atoms with E-state index in [1.165, 1.54) is 0 Å². The minimum atomic E-state index is 0.176. The van der Waals surface area contributed by atoms with Crippen molar-refractivity contribution in [1.29, 1.82) is 0 Å². The van der Waals surface area contributed by atoms with E-state index in [2.05, 4.69) is 28.7 Å². The van der Waals surface area contributed by atoms with Crippen LogP contribution in [0.3, 0.4) is 0 Å². The van der Waals surface area contributed by atoms with Crippen LogP contribution < -0.4 is 0 Å². The van der Waals surface area contributed by atoms with Gasteiger partial charge in [0, 0.05) is 48.5 Å². The summed E-state index contributed by atoms with van der Waals surface area (Å²) in [5.41, 5.74) is 3.53. The predicted octanol–water partition coefficient (Wildman–Crippen LogP) is 4.44. The fourth-order valence-electron chi connectivity index (χ4n) is 5.16. The molecule has 6 nitrogen and oxygen atoms in total. The van der Waals surface area contributed by atoms with Crippen molar-refractivity contribution in [3.05, 3.63) is 45.2 Å². The van der Waals surface area contributed by atoms with Crippen LogP contribution in [0.5, 0.6) is 0 Å². The lowest BCUT2D eigenvalue weighted by Crippen LogP contribution is -2.51. The van der Waals surface area contributed by atoms with E-state index in [1.54, 1.807) is 12.1 Å². The van der Waals surface area contributed by atoms with Crippen LogP contribution in [0.25, 0.3) is 5.69 Å². The monoisotopic (exact) mass is 478 g/mol. The van der Waals surface area contributed by atoms with E-state index < -0.39 is 0 Å². The average Bonchev–Trinajstić information content (AvgIpc) is 3.27. The number of nitrogens with zero attached hydrogens (tertiary/aromatic N) is 4. The highest BCUT2D eigenvalue weighted by molar-refractivity contribution is 6.35. The van der Waals surface area contributed by atoms with Crippen LogP contribution in [0.15, 0.2) is 18.2 Å². The number of likely N-dealkylation sites (tertiary alicyclic amines) is 1. The molecule has 0 saturated carbocycles. The Hall–Kier alpha value is -1.60. The van der Waals surface area contributed by atoms with Gasteiger partial charge in [0.05, 0.1) is 35.0 Å². The van der Waals surface area contributed by atoms with Gasteiger partial charge in [-0.1, -0.05) is 23.2 Å². The molecule has 3 unspecified atom stereocenters. The molecular weight excluding hydrogens is 447 g/mol. The summed E-state index contributed by atoms with van der Waals surface area (Å²) in [7, 11) is 0. The molecule has 1 aromatic heterocycles. The lowest BCUT2D eigenvalue weighted by atomic mass is 10.1. The molecule has 3 heterocycles. The van der Waals surface area contributed by atoms with Gasteiger partial charge in [-0.2, -0.15) is 5.10 Å². The molecular formula is C24H32Cl2N4O2. The van der Waals surface area contributed by atoms with Crippen LogP contribution in [-0.4, -0.2) is 69.9 Å². The smallest absolute Gasteiger partial charge is 0.227 e. The van der Waals surface area contributed by atoms with E-state index in [4.69, 9.17) is 27.9 Å². The number of morpholine rings is 1. The summed E-state index contributed by atoms with van der Waals surface area (Å²) >= 11 is 12.5. The van der Waals surface area contributed by atoms with Gasteiger partial charge in [-0.3, -0.25) is 9.69 Å². The summed E-state index contributed by atoms with van der Waals surface area (Å²) in [6.07, 6.45) is 2.95. The van der Waals surface area contributed by atoms with E-state index in [9.17, 15) is 4.79 Å². The molecule has 2 saturated heterocycles. The zero-order chi connectivity index (χ0) is 23.0. The zero-order valence-electron chi connectivity index (χ0n) is 19.3. The van der Waals surface area contributed by atoms with Crippen molar-refractivity contribution < 1.29 is 9.53 Å². The Labute approximate surface area is 200 Å². The number of hydrogen-bond acceptors (Lipinski definition) is 4. The summed E-state index contributed by atoms with van der Waals surface area (Å²) in [4.78, 5) is 17.9. The molecule has 0 radical (unpaired) electrons. The highest BCUT2D eigenvalue weighted by Gasteiger charge is 2.33. The second-order valence-corrected chi connectivity index (χ2v) is 10.0. The van der Waals surface area contributed by atoms with E-state index in [-0.39, 0.29) is 24.2 Å². The maximum Gasteiger partial charge on any atom is 0.227 e. The summed E-state index contributed by atoms with van der Waals surface area (Å²) in [5.74, 6) is 0.176. The van der Waals surface area contributed by atoms with Gasteiger partial charge in [0.2, 0.25) is 5.91 Å². The first kappa shape index (κ1) is 23.6. The fourth-order valence-corrected chi connectivity index (χ4v) is 5.65. The van der Waals surface area contributed by atoms with Crippen molar-refractivity contribution in [3.63, 3.8) is 0 Å². The molecule has 2 aliphatic rings. The fraction of sp³-hybridized carbons (Fsp3) is 0.583. The Kier molecular flexibility index (Phi) is 7.15. The first-order valence-electron chi connectivity index (χ1n) is 11.4. The molecule has 1 aromatic carbocycles. The van der Waals surface area contributed by atoms with Crippen LogP contribution in [0, 0.1) is 13.8 Å². The normalized spacial score (nSPS) is 24.3. The van der Waals surface area contributed by atoms with E-state index in [1.807, 2.05) is 24.6 Å². The number of aromatic nitrogens is 2. The maximum atomic E-state index is 13.4. The average molecular weight is 479 g/mol. The van der Waals surface area contributed by atoms with E-state index >= 15 is 0 Å². The lowest BCUT2D eigenvalue weighted by molar-refractivity contribution is -0.132. The molecule has 0 aliphatic carbocycles. The number of carbonyl (C=O) groups is 1. The van der Waals surface area contributed by atoms with Gasteiger partial charge in [0.15, 0.2) is 0 Å². The Morgan fingerprint density at radius 2 is 1.91 bits per heavy atom. The molecule has 2 aromatic rings. The van der Waals surface area contributed by atoms with Gasteiger partial charge in [0.25, 0.3) is 0 Å². The van der Waals surface area contributed by atoms with Crippen LogP contribution in [0.1, 0.15) is 43.6 Å². The molecule has 0 spiro atoms. The molecule has 174 valence electrons. The minimum Gasteiger partial charge on any atom is -0.373 e. The quantitative estimate of drug-likeness (QED) is 0.637. The Morgan fingerprint density at radius 3 is 2.59 bits per heavy atom. The zero-order valence-corrected chi connectivity index (χ0v) is 20.8. The second-order valence-electron chi connectivity index (χ2n) is 9.19. The van der Waals surface area contributed by atoms with Crippen molar-refractivity contribution in [1.82, 2.24) is 19.6 Å².